The summed E-state index contributed by atoms with van der Waals surface area (Å²) in [5.74, 6) is -1.18. The van der Waals surface area contributed by atoms with Crippen LogP contribution in [-0.4, -0.2) is 29.2 Å². The summed E-state index contributed by atoms with van der Waals surface area (Å²) < 4.78 is 0. The molecule has 1 N–H and O–H groups in total. The molecule has 76 valence electrons. The predicted octanol–water partition coefficient (Wildman–Crippen LogP) is -0.215. The van der Waals surface area contributed by atoms with Crippen LogP contribution in [0, 0.1) is 0 Å². The number of carbonyl (C=O) groups excluding carboxylic acids is 3. The van der Waals surface area contributed by atoms with Gasteiger partial charge >= 0.3 is 0 Å². The van der Waals surface area contributed by atoms with E-state index in [9.17, 15) is 14.4 Å². The maximum Gasteiger partial charge on any atom is 0.277 e. The van der Waals surface area contributed by atoms with Gasteiger partial charge in [0.2, 0.25) is 11.8 Å². The van der Waals surface area contributed by atoms with Gasteiger partial charge in [-0.2, -0.15) is 0 Å². The van der Waals surface area contributed by atoms with E-state index >= 15 is 0 Å². The van der Waals surface area contributed by atoms with Crippen molar-refractivity contribution < 1.29 is 14.4 Å². The van der Waals surface area contributed by atoms with Crippen LogP contribution >= 0.6 is 0 Å². The Morgan fingerprint density at radius 3 is 2.71 bits per heavy atom. The molecule has 1 aliphatic heterocycles. The number of rotatable bonds is 1. The number of hydrogen-bond acceptors (Lipinski definition) is 3. The van der Waals surface area contributed by atoms with E-state index in [2.05, 4.69) is 5.32 Å². The molecule has 14 heavy (non-hydrogen) atoms. The standard InChI is InChI=1S/C9H12N2O3/c1-3-4-7-9(14)11(6(2)12)5-8(13)10-7/h4H,3,5H2,1-2H3,(H,10,13)/b7-4+. The first-order chi connectivity index (χ1) is 6.56. The van der Waals surface area contributed by atoms with Crippen molar-refractivity contribution in [3.8, 4) is 0 Å². The maximum absolute atomic E-state index is 11.5. The Bertz CT molecular complexity index is 320. The summed E-state index contributed by atoms with van der Waals surface area (Å²) in [6.45, 7) is 2.93. The minimum atomic E-state index is -0.432. The van der Waals surface area contributed by atoms with Crippen molar-refractivity contribution >= 4 is 17.7 Å². The van der Waals surface area contributed by atoms with Crippen LogP contribution in [0.3, 0.4) is 0 Å². The molecule has 0 bridgehead atoms. The lowest BCUT2D eigenvalue weighted by atomic mass is 10.2. The molecule has 0 atom stereocenters. The fraction of sp³-hybridized carbons (Fsp3) is 0.444. The van der Waals surface area contributed by atoms with E-state index in [1.54, 1.807) is 6.08 Å². The molecule has 0 aromatic rings. The molecule has 3 amide bonds. The number of amides is 3. The summed E-state index contributed by atoms with van der Waals surface area (Å²) in [4.78, 5) is 34.6. The van der Waals surface area contributed by atoms with Crippen molar-refractivity contribution in [2.75, 3.05) is 6.54 Å². The molecule has 1 heterocycles. The molecule has 0 aliphatic carbocycles. The lowest BCUT2D eigenvalue weighted by Gasteiger charge is -2.25. The van der Waals surface area contributed by atoms with E-state index in [4.69, 9.17) is 0 Å². The van der Waals surface area contributed by atoms with E-state index in [0.29, 0.717) is 6.42 Å². The first kappa shape index (κ1) is 10.4. The molecule has 0 radical (unpaired) electrons. The Hall–Kier alpha value is -1.65. The average Bonchev–Trinajstić information content (AvgIpc) is 2.10. The fourth-order valence-corrected chi connectivity index (χ4v) is 1.20. The van der Waals surface area contributed by atoms with Crippen molar-refractivity contribution in [1.82, 2.24) is 10.2 Å². The van der Waals surface area contributed by atoms with Crippen LogP contribution in [0.1, 0.15) is 20.3 Å². The van der Waals surface area contributed by atoms with Crippen LogP contribution in [0.4, 0.5) is 0 Å². The fourth-order valence-electron chi connectivity index (χ4n) is 1.20. The van der Waals surface area contributed by atoms with E-state index in [1.807, 2.05) is 6.92 Å². The van der Waals surface area contributed by atoms with Crippen molar-refractivity contribution in [1.29, 1.82) is 0 Å². The molecule has 1 fully saturated rings. The highest BCUT2D eigenvalue weighted by Gasteiger charge is 2.29. The quantitative estimate of drug-likeness (QED) is 0.590. The largest absolute Gasteiger partial charge is 0.320 e. The molecule has 1 rings (SSSR count). The number of nitrogens with zero attached hydrogens (tertiary/aromatic N) is 1. The van der Waals surface area contributed by atoms with Gasteiger partial charge in [0.05, 0.1) is 0 Å². The monoisotopic (exact) mass is 196 g/mol. The number of carbonyl (C=O) groups is 3. The zero-order valence-corrected chi connectivity index (χ0v) is 8.16. The van der Waals surface area contributed by atoms with Crippen molar-refractivity contribution in [2.45, 2.75) is 20.3 Å². The molecular formula is C9H12N2O3. The Labute approximate surface area is 81.8 Å². The second-order valence-corrected chi connectivity index (χ2v) is 2.98. The SMILES string of the molecule is CC/C=C1/NC(=O)CN(C(C)=O)C1=O. The maximum atomic E-state index is 11.5. The first-order valence-corrected chi connectivity index (χ1v) is 4.38. The van der Waals surface area contributed by atoms with Gasteiger partial charge in [0.1, 0.15) is 12.2 Å². The van der Waals surface area contributed by atoms with Gasteiger partial charge in [-0.05, 0) is 6.42 Å². The molecule has 5 heteroatoms. The minimum Gasteiger partial charge on any atom is -0.320 e. The van der Waals surface area contributed by atoms with Crippen LogP contribution in [0.15, 0.2) is 11.8 Å². The van der Waals surface area contributed by atoms with Gasteiger partial charge in [-0.3, -0.25) is 19.3 Å². The van der Waals surface area contributed by atoms with E-state index in [0.717, 1.165) is 4.90 Å². The minimum absolute atomic E-state index is 0.185. The van der Waals surface area contributed by atoms with E-state index in [1.165, 1.54) is 6.92 Å². The summed E-state index contributed by atoms with van der Waals surface area (Å²) in [5, 5.41) is 2.43. The number of hydrogen-bond donors (Lipinski definition) is 1. The second kappa shape index (κ2) is 4.04. The number of allylic oxidation sites excluding steroid dienone is 1. The summed E-state index contributed by atoms with van der Waals surface area (Å²) >= 11 is 0. The molecule has 5 nitrogen and oxygen atoms in total. The first-order valence-electron chi connectivity index (χ1n) is 4.38. The average molecular weight is 196 g/mol. The van der Waals surface area contributed by atoms with Crippen molar-refractivity contribution in [3.63, 3.8) is 0 Å². The summed E-state index contributed by atoms with van der Waals surface area (Å²) in [7, 11) is 0. The normalized spacial score (nSPS) is 19.9. The van der Waals surface area contributed by atoms with Gasteiger partial charge in [-0.15, -0.1) is 0 Å². The topological polar surface area (TPSA) is 66.5 Å². The molecule has 0 aromatic carbocycles. The number of piperazine rings is 1. The zero-order chi connectivity index (χ0) is 10.7. The highest BCUT2D eigenvalue weighted by Crippen LogP contribution is 2.06. The molecule has 0 saturated carbocycles. The number of imide groups is 1. The van der Waals surface area contributed by atoms with E-state index in [-0.39, 0.29) is 18.1 Å². The van der Waals surface area contributed by atoms with Crippen LogP contribution < -0.4 is 5.32 Å². The third kappa shape index (κ3) is 1.99. The van der Waals surface area contributed by atoms with Gasteiger partial charge < -0.3 is 5.32 Å². The predicted molar refractivity (Wildman–Crippen MR) is 48.9 cm³/mol. The molecule has 0 spiro atoms. The summed E-state index contributed by atoms with van der Waals surface area (Å²) in [6.07, 6.45) is 2.22. The lowest BCUT2D eigenvalue weighted by Crippen LogP contribution is -2.51. The summed E-state index contributed by atoms with van der Waals surface area (Å²) in [5.41, 5.74) is 0.193. The lowest BCUT2D eigenvalue weighted by molar-refractivity contribution is -0.147. The molecule has 1 saturated heterocycles. The van der Waals surface area contributed by atoms with E-state index < -0.39 is 11.8 Å². The molecule has 0 unspecified atom stereocenters. The Morgan fingerprint density at radius 1 is 1.57 bits per heavy atom. The highest BCUT2D eigenvalue weighted by molar-refractivity contribution is 6.10. The van der Waals surface area contributed by atoms with Crippen LogP contribution in [0.25, 0.3) is 0 Å². The third-order valence-corrected chi connectivity index (χ3v) is 1.84. The van der Waals surface area contributed by atoms with Crippen molar-refractivity contribution in [2.24, 2.45) is 0 Å². The summed E-state index contributed by atoms with van der Waals surface area (Å²) in [6, 6.07) is 0. The molecular weight excluding hydrogens is 184 g/mol. The smallest absolute Gasteiger partial charge is 0.277 e. The van der Waals surface area contributed by atoms with Gasteiger partial charge in [0.25, 0.3) is 5.91 Å². The Kier molecular flexibility index (Phi) is 3.01. The second-order valence-electron chi connectivity index (χ2n) is 2.98. The van der Waals surface area contributed by atoms with Gasteiger partial charge in [0.15, 0.2) is 0 Å². The van der Waals surface area contributed by atoms with Gasteiger partial charge in [0, 0.05) is 6.92 Å². The van der Waals surface area contributed by atoms with Crippen LogP contribution in [-0.2, 0) is 14.4 Å². The highest BCUT2D eigenvalue weighted by atomic mass is 16.2. The number of nitrogens with one attached hydrogen (secondary N) is 1. The molecule has 1 aliphatic rings. The zero-order valence-electron chi connectivity index (χ0n) is 8.16. The Balaban J connectivity index is 2.92. The van der Waals surface area contributed by atoms with Crippen molar-refractivity contribution in [3.05, 3.63) is 11.8 Å². The van der Waals surface area contributed by atoms with Gasteiger partial charge in [-0.25, -0.2) is 0 Å². The van der Waals surface area contributed by atoms with Crippen LogP contribution in [0.5, 0.6) is 0 Å². The third-order valence-electron chi connectivity index (χ3n) is 1.84. The Morgan fingerprint density at radius 2 is 2.21 bits per heavy atom. The van der Waals surface area contributed by atoms with Gasteiger partial charge in [-0.1, -0.05) is 13.0 Å². The molecule has 0 aromatic heterocycles. The van der Waals surface area contributed by atoms with Crippen LogP contribution in [0.2, 0.25) is 0 Å².